The number of hydrogen-bond acceptors (Lipinski definition) is 3. The van der Waals surface area contributed by atoms with Crippen molar-refractivity contribution >= 4 is 34.7 Å². The molecule has 0 aliphatic carbocycles. The normalized spacial score (nSPS) is 12.5. The minimum absolute atomic E-state index is 0.415. The smallest absolute Gasteiger partial charge is 0.0590 e. The van der Waals surface area contributed by atoms with Gasteiger partial charge in [0, 0.05) is 11.1 Å². The second-order valence-electron chi connectivity index (χ2n) is 3.56. The first kappa shape index (κ1) is 12.5. The van der Waals surface area contributed by atoms with Gasteiger partial charge in [-0.05, 0) is 43.6 Å². The van der Waals surface area contributed by atoms with E-state index in [0.717, 1.165) is 23.5 Å². The van der Waals surface area contributed by atoms with Crippen LogP contribution in [0.15, 0.2) is 18.2 Å². The zero-order valence-electron chi connectivity index (χ0n) is 9.09. The van der Waals surface area contributed by atoms with Gasteiger partial charge >= 0.3 is 0 Å². The Bertz CT molecular complexity index is 317. The van der Waals surface area contributed by atoms with Crippen molar-refractivity contribution in [3.63, 3.8) is 0 Å². The average Bonchev–Trinajstić information content (AvgIpc) is 2.20. The van der Waals surface area contributed by atoms with E-state index in [1.54, 1.807) is 6.07 Å². The molecule has 0 aliphatic heterocycles. The standard InChI is InChI=1S/C11H17ClN2S/c1-8(5-6-15-2)14-11-7-9(12)3-4-10(11)13/h3-4,7-8,14H,5-6,13H2,1-2H3. The number of nitrogens with two attached hydrogens (primary N) is 1. The summed E-state index contributed by atoms with van der Waals surface area (Å²) < 4.78 is 0. The lowest BCUT2D eigenvalue weighted by molar-refractivity contribution is 0.772. The molecular formula is C11H17ClN2S. The lowest BCUT2D eigenvalue weighted by Crippen LogP contribution is -2.16. The lowest BCUT2D eigenvalue weighted by atomic mass is 10.2. The number of nitrogens with one attached hydrogen (secondary N) is 1. The molecule has 0 fully saturated rings. The third kappa shape index (κ3) is 4.22. The Morgan fingerprint density at radius 2 is 2.27 bits per heavy atom. The molecule has 0 heterocycles. The summed E-state index contributed by atoms with van der Waals surface area (Å²) in [7, 11) is 0. The molecule has 0 saturated carbocycles. The second-order valence-corrected chi connectivity index (χ2v) is 4.98. The first-order chi connectivity index (χ1) is 7.13. The monoisotopic (exact) mass is 244 g/mol. The summed E-state index contributed by atoms with van der Waals surface area (Å²) >= 11 is 7.76. The predicted octanol–water partition coefficient (Wildman–Crippen LogP) is 3.48. The number of rotatable bonds is 5. The first-order valence-electron chi connectivity index (χ1n) is 4.94. The lowest BCUT2D eigenvalue weighted by Gasteiger charge is -2.16. The van der Waals surface area contributed by atoms with Crippen LogP contribution in [-0.2, 0) is 0 Å². The zero-order chi connectivity index (χ0) is 11.3. The molecule has 0 aromatic heterocycles. The van der Waals surface area contributed by atoms with Crippen LogP contribution in [-0.4, -0.2) is 18.1 Å². The summed E-state index contributed by atoms with van der Waals surface area (Å²) in [6, 6.07) is 5.91. The molecule has 0 aliphatic rings. The highest BCUT2D eigenvalue weighted by molar-refractivity contribution is 7.98. The fourth-order valence-corrected chi connectivity index (χ4v) is 2.05. The Balaban J connectivity index is 2.59. The molecule has 0 bridgehead atoms. The minimum Gasteiger partial charge on any atom is -0.397 e. The molecule has 1 rings (SSSR count). The van der Waals surface area contributed by atoms with Gasteiger partial charge in [-0.15, -0.1) is 0 Å². The van der Waals surface area contributed by atoms with Gasteiger partial charge in [0.1, 0.15) is 0 Å². The van der Waals surface area contributed by atoms with Gasteiger partial charge < -0.3 is 11.1 Å². The molecule has 1 atom stereocenters. The third-order valence-electron chi connectivity index (χ3n) is 2.17. The molecule has 1 aromatic carbocycles. The van der Waals surface area contributed by atoms with Gasteiger partial charge in [-0.3, -0.25) is 0 Å². The van der Waals surface area contributed by atoms with E-state index < -0.39 is 0 Å². The van der Waals surface area contributed by atoms with E-state index in [1.807, 2.05) is 23.9 Å². The highest BCUT2D eigenvalue weighted by Crippen LogP contribution is 2.24. The zero-order valence-corrected chi connectivity index (χ0v) is 10.7. The molecule has 0 saturated heterocycles. The van der Waals surface area contributed by atoms with Gasteiger partial charge in [0.25, 0.3) is 0 Å². The molecule has 2 nitrogen and oxygen atoms in total. The number of hydrogen-bond donors (Lipinski definition) is 2. The second kappa shape index (κ2) is 6.13. The number of halogens is 1. The molecule has 0 spiro atoms. The minimum atomic E-state index is 0.415. The van der Waals surface area contributed by atoms with Crippen LogP contribution < -0.4 is 11.1 Å². The predicted molar refractivity (Wildman–Crippen MR) is 71.9 cm³/mol. The summed E-state index contributed by atoms with van der Waals surface area (Å²) in [6.45, 7) is 2.15. The van der Waals surface area contributed by atoms with Gasteiger partial charge in [-0.25, -0.2) is 0 Å². The Labute approximate surface area is 101 Å². The summed E-state index contributed by atoms with van der Waals surface area (Å²) in [5, 5.41) is 4.07. The van der Waals surface area contributed by atoms with Crippen molar-refractivity contribution < 1.29 is 0 Å². The van der Waals surface area contributed by atoms with E-state index in [9.17, 15) is 0 Å². The summed E-state index contributed by atoms with van der Waals surface area (Å²) in [5.41, 5.74) is 7.51. The molecule has 0 amide bonds. The van der Waals surface area contributed by atoms with Crippen LogP contribution in [0.3, 0.4) is 0 Å². The molecule has 84 valence electrons. The van der Waals surface area contributed by atoms with Gasteiger partial charge in [-0.2, -0.15) is 11.8 Å². The Morgan fingerprint density at radius 1 is 1.53 bits per heavy atom. The number of benzene rings is 1. The number of nitrogen functional groups attached to an aromatic ring is 1. The average molecular weight is 245 g/mol. The van der Waals surface area contributed by atoms with E-state index in [2.05, 4.69) is 18.5 Å². The molecule has 0 radical (unpaired) electrons. The van der Waals surface area contributed by atoms with E-state index in [1.165, 1.54) is 0 Å². The van der Waals surface area contributed by atoms with Crippen LogP contribution in [0.5, 0.6) is 0 Å². The van der Waals surface area contributed by atoms with Crippen molar-refractivity contribution in [2.24, 2.45) is 0 Å². The maximum atomic E-state index is 5.90. The van der Waals surface area contributed by atoms with Crippen molar-refractivity contribution in [2.45, 2.75) is 19.4 Å². The molecule has 3 N–H and O–H groups in total. The van der Waals surface area contributed by atoms with Crippen LogP contribution in [0.4, 0.5) is 11.4 Å². The van der Waals surface area contributed by atoms with Crippen LogP contribution in [0.2, 0.25) is 5.02 Å². The summed E-state index contributed by atoms with van der Waals surface area (Å²) in [5.74, 6) is 1.15. The van der Waals surface area contributed by atoms with Gasteiger partial charge in [0.2, 0.25) is 0 Å². The van der Waals surface area contributed by atoms with E-state index in [0.29, 0.717) is 11.1 Å². The van der Waals surface area contributed by atoms with Crippen molar-refractivity contribution in [2.75, 3.05) is 23.1 Å². The third-order valence-corrected chi connectivity index (χ3v) is 3.05. The van der Waals surface area contributed by atoms with Crippen molar-refractivity contribution in [1.82, 2.24) is 0 Å². The van der Waals surface area contributed by atoms with E-state index in [4.69, 9.17) is 17.3 Å². The highest BCUT2D eigenvalue weighted by Gasteiger charge is 2.04. The maximum absolute atomic E-state index is 5.90. The fraction of sp³-hybridized carbons (Fsp3) is 0.455. The van der Waals surface area contributed by atoms with Crippen LogP contribution >= 0.6 is 23.4 Å². The number of thioether (sulfide) groups is 1. The highest BCUT2D eigenvalue weighted by atomic mass is 35.5. The molecule has 4 heteroatoms. The summed E-state index contributed by atoms with van der Waals surface area (Å²) in [4.78, 5) is 0. The molecule has 1 unspecified atom stereocenters. The largest absolute Gasteiger partial charge is 0.397 e. The molecule has 1 aromatic rings. The number of anilines is 2. The van der Waals surface area contributed by atoms with Gasteiger partial charge in [-0.1, -0.05) is 11.6 Å². The molecular weight excluding hydrogens is 228 g/mol. The topological polar surface area (TPSA) is 38.0 Å². The Hall–Kier alpha value is -0.540. The SMILES string of the molecule is CSCCC(C)Nc1cc(Cl)ccc1N. The van der Waals surface area contributed by atoms with Crippen molar-refractivity contribution in [3.8, 4) is 0 Å². The molecule has 15 heavy (non-hydrogen) atoms. The van der Waals surface area contributed by atoms with E-state index >= 15 is 0 Å². The van der Waals surface area contributed by atoms with Crippen LogP contribution in [0.25, 0.3) is 0 Å². The Kier molecular flexibility index (Phi) is 5.12. The van der Waals surface area contributed by atoms with Crippen LogP contribution in [0, 0.1) is 0 Å². The van der Waals surface area contributed by atoms with Crippen molar-refractivity contribution in [1.29, 1.82) is 0 Å². The maximum Gasteiger partial charge on any atom is 0.0590 e. The summed E-state index contributed by atoms with van der Waals surface area (Å²) in [6.07, 6.45) is 3.23. The van der Waals surface area contributed by atoms with Gasteiger partial charge in [0.05, 0.1) is 11.4 Å². The van der Waals surface area contributed by atoms with Crippen LogP contribution in [0.1, 0.15) is 13.3 Å². The first-order valence-corrected chi connectivity index (χ1v) is 6.71. The van der Waals surface area contributed by atoms with Crippen molar-refractivity contribution in [3.05, 3.63) is 23.2 Å². The quantitative estimate of drug-likeness (QED) is 0.779. The fourth-order valence-electron chi connectivity index (χ4n) is 1.29. The Morgan fingerprint density at radius 3 is 2.93 bits per heavy atom. The van der Waals surface area contributed by atoms with E-state index in [-0.39, 0.29) is 0 Å². The van der Waals surface area contributed by atoms with Gasteiger partial charge in [0.15, 0.2) is 0 Å².